The smallest absolute Gasteiger partial charge is 0.323 e. The molecule has 2 aromatic rings. The largest absolute Gasteiger partial charge is 0.454 e. The van der Waals surface area contributed by atoms with E-state index in [1.807, 2.05) is 48.2 Å². The van der Waals surface area contributed by atoms with Crippen LogP contribution in [0.15, 0.2) is 36.4 Å². The summed E-state index contributed by atoms with van der Waals surface area (Å²) < 4.78 is 10.8. The molecule has 5 nitrogen and oxygen atoms in total. The predicted molar refractivity (Wildman–Crippen MR) is 99.4 cm³/mol. The average molecular weight is 356 g/mol. The zero-order valence-corrected chi connectivity index (χ0v) is 15.1. The fraction of sp³-hybridized carbons (Fsp3) is 0.316. The number of hydrogen-bond acceptors (Lipinski definition) is 4. The molecule has 0 aliphatic carbocycles. The van der Waals surface area contributed by atoms with Crippen LogP contribution in [0.25, 0.3) is 0 Å². The molecule has 0 spiro atoms. The minimum atomic E-state index is -0.0732. The minimum Gasteiger partial charge on any atom is -0.454 e. The van der Waals surface area contributed by atoms with Gasteiger partial charge in [-0.3, -0.25) is 0 Å². The molecule has 1 saturated heterocycles. The van der Waals surface area contributed by atoms with Crippen LogP contribution in [0.2, 0.25) is 0 Å². The van der Waals surface area contributed by atoms with Crippen molar-refractivity contribution in [3.63, 3.8) is 0 Å². The van der Waals surface area contributed by atoms with Crippen LogP contribution < -0.4 is 14.8 Å². The molecule has 130 valence electrons. The first-order valence-corrected chi connectivity index (χ1v) is 9.33. The van der Waals surface area contributed by atoms with E-state index in [1.165, 1.54) is 11.1 Å². The maximum atomic E-state index is 12.8. The summed E-state index contributed by atoms with van der Waals surface area (Å²) in [5, 5.41) is 3.01. The third-order valence-corrected chi connectivity index (χ3v) is 5.85. The number of benzene rings is 2. The van der Waals surface area contributed by atoms with Gasteiger partial charge in [0.2, 0.25) is 6.79 Å². The Morgan fingerprint density at radius 2 is 1.96 bits per heavy atom. The van der Waals surface area contributed by atoms with Crippen molar-refractivity contribution in [1.29, 1.82) is 0 Å². The number of rotatable bonds is 2. The first-order valence-electron chi connectivity index (χ1n) is 8.28. The second-order valence-corrected chi connectivity index (χ2v) is 7.45. The lowest BCUT2D eigenvalue weighted by atomic mass is 10.1. The van der Waals surface area contributed by atoms with Gasteiger partial charge in [0.25, 0.3) is 0 Å². The molecule has 1 N–H and O–H groups in total. The van der Waals surface area contributed by atoms with Gasteiger partial charge in [-0.15, -0.1) is 11.8 Å². The van der Waals surface area contributed by atoms with E-state index in [-0.39, 0.29) is 18.2 Å². The number of amides is 2. The highest BCUT2D eigenvalue weighted by molar-refractivity contribution is 7.99. The number of nitrogens with one attached hydrogen (secondary N) is 1. The van der Waals surface area contributed by atoms with Gasteiger partial charge in [-0.25, -0.2) is 4.79 Å². The van der Waals surface area contributed by atoms with Crippen LogP contribution in [0, 0.1) is 13.8 Å². The Labute approximate surface area is 151 Å². The first kappa shape index (κ1) is 16.1. The van der Waals surface area contributed by atoms with E-state index in [0.29, 0.717) is 0 Å². The molecule has 0 aromatic heterocycles. The van der Waals surface area contributed by atoms with E-state index < -0.39 is 0 Å². The molecule has 1 atom stereocenters. The number of carbonyl (C=O) groups excluding carboxylic acids is 1. The number of nitrogens with zero attached hydrogens (tertiary/aromatic N) is 1. The van der Waals surface area contributed by atoms with Crippen LogP contribution in [0.4, 0.5) is 10.5 Å². The quantitative estimate of drug-likeness (QED) is 0.871. The monoisotopic (exact) mass is 356 g/mol. The molecule has 1 fully saturated rings. The highest BCUT2D eigenvalue weighted by atomic mass is 32.2. The normalized spacial score (nSPS) is 18.5. The van der Waals surface area contributed by atoms with Crippen LogP contribution >= 0.6 is 11.8 Å². The minimum absolute atomic E-state index is 0.0129. The highest BCUT2D eigenvalue weighted by Crippen LogP contribution is 2.42. The number of thioether (sulfide) groups is 1. The van der Waals surface area contributed by atoms with Crippen molar-refractivity contribution in [2.24, 2.45) is 0 Å². The molecule has 2 aliphatic rings. The number of carbonyl (C=O) groups is 1. The van der Waals surface area contributed by atoms with Crippen molar-refractivity contribution in [1.82, 2.24) is 4.90 Å². The summed E-state index contributed by atoms with van der Waals surface area (Å²) >= 11 is 1.76. The summed E-state index contributed by atoms with van der Waals surface area (Å²) in [5.74, 6) is 2.43. The van der Waals surface area contributed by atoms with Crippen molar-refractivity contribution in [2.45, 2.75) is 19.2 Å². The van der Waals surface area contributed by atoms with E-state index in [4.69, 9.17) is 9.47 Å². The molecular weight excluding hydrogens is 336 g/mol. The van der Waals surface area contributed by atoms with E-state index >= 15 is 0 Å². The standard InChI is InChI=1S/C19H20N2O3S/c1-12-3-5-15(9-13(12)2)20-19(22)21-7-8-25-18(21)14-4-6-16-17(10-14)24-11-23-16/h3-6,9-10,18H,7-8,11H2,1-2H3,(H,20,22). The Morgan fingerprint density at radius 1 is 1.12 bits per heavy atom. The van der Waals surface area contributed by atoms with E-state index in [1.54, 1.807) is 11.8 Å². The zero-order valence-electron chi connectivity index (χ0n) is 14.2. The van der Waals surface area contributed by atoms with E-state index in [2.05, 4.69) is 12.2 Å². The third-order valence-electron chi connectivity index (χ3n) is 4.59. The number of aryl methyl sites for hydroxylation is 2. The molecule has 4 rings (SSSR count). The highest BCUT2D eigenvalue weighted by Gasteiger charge is 2.31. The van der Waals surface area contributed by atoms with Crippen molar-refractivity contribution in [2.75, 3.05) is 24.4 Å². The topological polar surface area (TPSA) is 50.8 Å². The van der Waals surface area contributed by atoms with E-state index in [0.717, 1.165) is 35.0 Å². The Hall–Kier alpha value is -2.34. The molecule has 6 heteroatoms. The number of hydrogen-bond donors (Lipinski definition) is 1. The van der Waals surface area contributed by atoms with Gasteiger partial charge in [0.1, 0.15) is 5.37 Å². The van der Waals surface area contributed by atoms with Crippen molar-refractivity contribution in [3.05, 3.63) is 53.1 Å². The maximum absolute atomic E-state index is 12.8. The Morgan fingerprint density at radius 3 is 2.80 bits per heavy atom. The predicted octanol–water partition coefficient (Wildman–Crippen LogP) is 4.31. The molecule has 2 heterocycles. The SMILES string of the molecule is Cc1ccc(NC(=O)N2CCSC2c2ccc3c(c2)OCO3)cc1C. The van der Waals surface area contributed by atoms with Crippen LogP contribution in [-0.4, -0.2) is 30.0 Å². The third kappa shape index (κ3) is 3.14. The van der Waals surface area contributed by atoms with Gasteiger partial charge < -0.3 is 19.7 Å². The summed E-state index contributed by atoms with van der Waals surface area (Å²) in [4.78, 5) is 14.6. The molecule has 2 amide bonds. The van der Waals surface area contributed by atoms with Gasteiger partial charge >= 0.3 is 6.03 Å². The van der Waals surface area contributed by atoms with Crippen molar-refractivity contribution < 1.29 is 14.3 Å². The number of urea groups is 1. The number of ether oxygens (including phenoxy) is 2. The average Bonchev–Trinajstić information content (AvgIpc) is 3.26. The summed E-state index contributed by atoms with van der Waals surface area (Å²) in [5.41, 5.74) is 4.27. The molecule has 1 unspecified atom stereocenters. The lowest BCUT2D eigenvalue weighted by Crippen LogP contribution is -2.34. The lowest BCUT2D eigenvalue weighted by Gasteiger charge is -2.24. The number of anilines is 1. The number of fused-ring (bicyclic) bond motifs is 1. The van der Waals surface area contributed by atoms with Crippen LogP contribution in [0.5, 0.6) is 11.5 Å². The molecule has 0 saturated carbocycles. The van der Waals surface area contributed by atoms with Gasteiger partial charge in [0.05, 0.1) is 0 Å². The molecular formula is C19H20N2O3S. The van der Waals surface area contributed by atoms with Crippen molar-refractivity contribution in [3.8, 4) is 11.5 Å². The Kier molecular flexibility index (Phi) is 4.21. The lowest BCUT2D eigenvalue weighted by molar-refractivity contribution is 0.174. The summed E-state index contributed by atoms with van der Waals surface area (Å²) in [6, 6.07) is 11.8. The summed E-state index contributed by atoms with van der Waals surface area (Å²) in [6.07, 6.45) is 0. The summed E-state index contributed by atoms with van der Waals surface area (Å²) in [7, 11) is 0. The van der Waals surface area contributed by atoms with Crippen LogP contribution in [-0.2, 0) is 0 Å². The van der Waals surface area contributed by atoms with Gasteiger partial charge in [-0.1, -0.05) is 12.1 Å². The Bertz CT molecular complexity index is 824. The van der Waals surface area contributed by atoms with Crippen molar-refractivity contribution >= 4 is 23.5 Å². The summed E-state index contributed by atoms with van der Waals surface area (Å²) in [6.45, 7) is 5.09. The van der Waals surface area contributed by atoms with Gasteiger partial charge in [0, 0.05) is 18.0 Å². The van der Waals surface area contributed by atoms with Gasteiger partial charge in [-0.2, -0.15) is 0 Å². The molecule has 2 aromatic carbocycles. The van der Waals surface area contributed by atoms with E-state index in [9.17, 15) is 4.79 Å². The fourth-order valence-corrected chi connectivity index (χ4v) is 4.28. The van der Waals surface area contributed by atoms with Gasteiger partial charge in [0.15, 0.2) is 11.5 Å². The molecule has 2 aliphatic heterocycles. The molecule has 0 bridgehead atoms. The van der Waals surface area contributed by atoms with Gasteiger partial charge in [-0.05, 0) is 54.8 Å². The molecule has 25 heavy (non-hydrogen) atoms. The zero-order chi connectivity index (χ0) is 17.4. The van der Waals surface area contributed by atoms with Crippen LogP contribution in [0.3, 0.4) is 0 Å². The fourth-order valence-electron chi connectivity index (χ4n) is 3.04. The second kappa shape index (κ2) is 6.52. The Balaban J connectivity index is 1.52. The first-order chi connectivity index (χ1) is 12.1. The second-order valence-electron chi connectivity index (χ2n) is 6.26. The molecule has 0 radical (unpaired) electrons. The maximum Gasteiger partial charge on any atom is 0.323 e. The van der Waals surface area contributed by atoms with Crippen LogP contribution in [0.1, 0.15) is 22.1 Å².